The van der Waals surface area contributed by atoms with Crippen LogP contribution in [0.2, 0.25) is 0 Å². The van der Waals surface area contributed by atoms with Crippen molar-refractivity contribution in [1.29, 1.82) is 0 Å². The molecule has 1 rings (SSSR count). The molecule has 0 heterocycles. The third kappa shape index (κ3) is 8.40. The van der Waals surface area contributed by atoms with Gasteiger partial charge in [0, 0.05) is 12.8 Å². The van der Waals surface area contributed by atoms with Gasteiger partial charge in [-0.3, -0.25) is 4.79 Å². The zero-order chi connectivity index (χ0) is 12.3. The Kier molecular flexibility index (Phi) is 8.38. The van der Waals surface area contributed by atoms with Crippen molar-refractivity contribution in [2.24, 2.45) is 5.92 Å². The topological polar surface area (TPSA) is 17.1 Å². The highest BCUT2D eigenvalue weighted by atomic mass is 16.1. The van der Waals surface area contributed by atoms with E-state index in [1.165, 1.54) is 64.2 Å². The summed E-state index contributed by atoms with van der Waals surface area (Å²) in [6, 6.07) is 0. The second-order valence-corrected chi connectivity index (χ2v) is 5.92. The standard InChI is InChI=1S/C16H30O/c1-15-12-10-8-6-4-2-3-5-7-9-11-13-16(17)14-15/h15H,2-14H2,1H3. The van der Waals surface area contributed by atoms with Crippen molar-refractivity contribution in [2.75, 3.05) is 0 Å². The molecule has 1 nitrogen and oxygen atoms in total. The summed E-state index contributed by atoms with van der Waals surface area (Å²) in [6.07, 6.45) is 16.4. The van der Waals surface area contributed by atoms with Crippen LogP contribution in [0.1, 0.15) is 90.4 Å². The average molecular weight is 238 g/mol. The average Bonchev–Trinajstić information content (AvgIpc) is 2.30. The summed E-state index contributed by atoms with van der Waals surface area (Å²) in [7, 11) is 0. The number of hydrogen-bond acceptors (Lipinski definition) is 1. The first-order chi connectivity index (χ1) is 8.29. The van der Waals surface area contributed by atoms with E-state index in [1.807, 2.05) is 0 Å². The largest absolute Gasteiger partial charge is 0.300 e. The van der Waals surface area contributed by atoms with Crippen LogP contribution < -0.4 is 0 Å². The highest BCUT2D eigenvalue weighted by Gasteiger charge is 2.09. The van der Waals surface area contributed by atoms with E-state index in [0.29, 0.717) is 11.7 Å². The molecular weight excluding hydrogens is 208 g/mol. The lowest BCUT2D eigenvalue weighted by Gasteiger charge is -2.10. The Morgan fingerprint density at radius 3 is 1.82 bits per heavy atom. The minimum absolute atomic E-state index is 0.507. The van der Waals surface area contributed by atoms with Crippen molar-refractivity contribution in [3.05, 3.63) is 0 Å². The maximum atomic E-state index is 11.7. The smallest absolute Gasteiger partial charge is 0.133 e. The molecule has 1 saturated carbocycles. The number of ketones is 1. The number of hydrogen-bond donors (Lipinski definition) is 0. The predicted octanol–water partition coefficient (Wildman–Crippen LogP) is 5.28. The van der Waals surface area contributed by atoms with Crippen LogP contribution in [-0.2, 0) is 4.79 Å². The summed E-state index contributed by atoms with van der Waals surface area (Å²) < 4.78 is 0. The maximum Gasteiger partial charge on any atom is 0.133 e. The summed E-state index contributed by atoms with van der Waals surface area (Å²) in [5.74, 6) is 1.13. The molecule has 0 spiro atoms. The van der Waals surface area contributed by atoms with E-state index in [0.717, 1.165) is 19.3 Å². The van der Waals surface area contributed by atoms with Crippen LogP contribution in [0, 0.1) is 5.92 Å². The predicted molar refractivity (Wildman–Crippen MR) is 74.2 cm³/mol. The third-order valence-corrected chi connectivity index (χ3v) is 3.98. The van der Waals surface area contributed by atoms with Gasteiger partial charge in [0.1, 0.15) is 5.78 Å². The van der Waals surface area contributed by atoms with Gasteiger partial charge in [-0.25, -0.2) is 0 Å². The van der Waals surface area contributed by atoms with Crippen LogP contribution in [0.4, 0.5) is 0 Å². The van der Waals surface area contributed by atoms with Gasteiger partial charge in [0.15, 0.2) is 0 Å². The number of carbonyl (C=O) groups excluding carboxylic acids is 1. The van der Waals surface area contributed by atoms with Crippen LogP contribution in [0.25, 0.3) is 0 Å². The maximum absolute atomic E-state index is 11.7. The fourth-order valence-electron chi connectivity index (χ4n) is 2.82. The van der Waals surface area contributed by atoms with Gasteiger partial charge in [0.25, 0.3) is 0 Å². The molecule has 0 aliphatic heterocycles. The summed E-state index contributed by atoms with van der Waals surface area (Å²) in [4.78, 5) is 11.7. The van der Waals surface area contributed by atoms with Gasteiger partial charge in [-0.05, 0) is 12.3 Å². The van der Waals surface area contributed by atoms with E-state index in [9.17, 15) is 4.79 Å². The van der Waals surface area contributed by atoms with Crippen LogP contribution >= 0.6 is 0 Å². The van der Waals surface area contributed by atoms with E-state index >= 15 is 0 Å². The molecule has 1 aliphatic carbocycles. The van der Waals surface area contributed by atoms with Crippen LogP contribution in [-0.4, -0.2) is 5.78 Å². The first-order valence-corrected chi connectivity index (χ1v) is 7.81. The van der Waals surface area contributed by atoms with Gasteiger partial charge in [-0.1, -0.05) is 71.1 Å². The molecular formula is C16H30O. The SMILES string of the molecule is CC1CCCCCCCCCCCCC(=O)C1. The van der Waals surface area contributed by atoms with E-state index in [2.05, 4.69) is 6.92 Å². The Balaban J connectivity index is 2.23. The summed E-state index contributed by atoms with van der Waals surface area (Å²) in [5, 5.41) is 0. The van der Waals surface area contributed by atoms with Crippen molar-refractivity contribution >= 4 is 5.78 Å². The lowest BCUT2D eigenvalue weighted by molar-refractivity contribution is -0.120. The highest BCUT2D eigenvalue weighted by molar-refractivity contribution is 5.78. The molecule has 1 unspecified atom stereocenters. The quantitative estimate of drug-likeness (QED) is 0.561. The fourth-order valence-corrected chi connectivity index (χ4v) is 2.82. The Hall–Kier alpha value is -0.330. The Morgan fingerprint density at radius 2 is 1.24 bits per heavy atom. The molecule has 0 aromatic rings. The van der Waals surface area contributed by atoms with Crippen LogP contribution in [0.5, 0.6) is 0 Å². The van der Waals surface area contributed by atoms with Gasteiger partial charge in [-0.2, -0.15) is 0 Å². The van der Waals surface area contributed by atoms with E-state index in [-0.39, 0.29) is 0 Å². The number of Topliss-reactive ketones (excluding diaryl/α,β-unsaturated/α-hetero) is 1. The van der Waals surface area contributed by atoms with Crippen molar-refractivity contribution in [1.82, 2.24) is 0 Å². The highest BCUT2D eigenvalue weighted by Crippen LogP contribution is 2.18. The van der Waals surface area contributed by atoms with Crippen LogP contribution in [0.15, 0.2) is 0 Å². The summed E-state index contributed by atoms with van der Waals surface area (Å²) >= 11 is 0. The molecule has 1 aliphatic rings. The monoisotopic (exact) mass is 238 g/mol. The lowest BCUT2D eigenvalue weighted by atomic mass is 9.95. The van der Waals surface area contributed by atoms with Gasteiger partial charge in [-0.15, -0.1) is 0 Å². The number of carbonyl (C=O) groups is 1. The zero-order valence-electron chi connectivity index (χ0n) is 11.7. The molecule has 100 valence electrons. The molecule has 1 atom stereocenters. The normalized spacial score (nSPS) is 27.1. The first-order valence-electron chi connectivity index (χ1n) is 7.81. The second-order valence-electron chi connectivity index (χ2n) is 5.92. The zero-order valence-corrected chi connectivity index (χ0v) is 11.7. The van der Waals surface area contributed by atoms with Crippen molar-refractivity contribution < 1.29 is 4.79 Å². The molecule has 17 heavy (non-hydrogen) atoms. The molecule has 0 bridgehead atoms. The molecule has 1 heteroatoms. The minimum atomic E-state index is 0.507. The van der Waals surface area contributed by atoms with Gasteiger partial charge < -0.3 is 0 Å². The van der Waals surface area contributed by atoms with Gasteiger partial charge >= 0.3 is 0 Å². The van der Waals surface area contributed by atoms with Crippen molar-refractivity contribution in [3.8, 4) is 0 Å². The van der Waals surface area contributed by atoms with Crippen molar-refractivity contribution in [2.45, 2.75) is 90.4 Å². The molecule has 0 saturated heterocycles. The first kappa shape index (κ1) is 14.7. The third-order valence-electron chi connectivity index (χ3n) is 3.98. The Labute approximate surface area is 107 Å². The number of rotatable bonds is 0. The molecule has 0 aromatic carbocycles. The van der Waals surface area contributed by atoms with Gasteiger partial charge in [0.05, 0.1) is 0 Å². The van der Waals surface area contributed by atoms with E-state index < -0.39 is 0 Å². The van der Waals surface area contributed by atoms with Crippen molar-refractivity contribution in [3.63, 3.8) is 0 Å². The van der Waals surface area contributed by atoms with E-state index in [1.54, 1.807) is 0 Å². The molecule has 0 amide bonds. The Morgan fingerprint density at radius 1 is 0.765 bits per heavy atom. The van der Waals surface area contributed by atoms with Crippen LogP contribution in [0.3, 0.4) is 0 Å². The lowest BCUT2D eigenvalue weighted by Crippen LogP contribution is -2.05. The summed E-state index contributed by atoms with van der Waals surface area (Å²) in [6.45, 7) is 2.25. The molecule has 0 N–H and O–H groups in total. The fraction of sp³-hybridized carbons (Fsp3) is 0.938. The molecule has 0 radical (unpaired) electrons. The summed E-state index contributed by atoms with van der Waals surface area (Å²) in [5.41, 5.74) is 0. The second kappa shape index (κ2) is 9.67. The minimum Gasteiger partial charge on any atom is -0.300 e. The van der Waals surface area contributed by atoms with E-state index in [4.69, 9.17) is 0 Å². The molecule has 1 fully saturated rings. The van der Waals surface area contributed by atoms with Gasteiger partial charge in [0.2, 0.25) is 0 Å². The Bertz CT molecular complexity index is 198. The molecule has 0 aromatic heterocycles.